The number of carbonyl (C=O) groups is 4. The lowest BCUT2D eigenvalue weighted by Gasteiger charge is -2.27. The molecule has 3 rings (SSSR count). The van der Waals surface area contributed by atoms with Crippen molar-refractivity contribution >= 4 is 41.2 Å². The van der Waals surface area contributed by atoms with E-state index in [1.165, 1.54) is 6.08 Å². The minimum absolute atomic E-state index is 0.0763. The molecular formula is C26H34N4O6S. The summed E-state index contributed by atoms with van der Waals surface area (Å²) in [4.78, 5) is 53.2. The van der Waals surface area contributed by atoms with Gasteiger partial charge in [0.05, 0.1) is 23.7 Å². The Morgan fingerprint density at radius 3 is 2.46 bits per heavy atom. The molecule has 2 aromatic rings. The molecule has 1 fully saturated rings. The second-order valence-electron chi connectivity index (χ2n) is 7.99. The van der Waals surface area contributed by atoms with Crippen LogP contribution in [-0.4, -0.2) is 78.1 Å². The van der Waals surface area contributed by atoms with Gasteiger partial charge < -0.3 is 25.4 Å². The zero-order chi connectivity index (χ0) is 27.0. The number of hydrogen-bond acceptors (Lipinski definition) is 8. The zero-order valence-corrected chi connectivity index (χ0v) is 22.0. The van der Waals surface area contributed by atoms with E-state index in [-0.39, 0.29) is 24.1 Å². The first-order valence-corrected chi connectivity index (χ1v) is 13.1. The number of hydrogen-bond donors (Lipinski definition) is 3. The number of aromatic nitrogens is 1. The molecule has 1 aromatic carbocycles. The van der Waals surface area contributed by atoms with Crippen LogP contribution in [0.15, 0.2) is 36.4 Å². The van der Waals surface area contributed by atoms with Crippen molar-refractivity contribution in [3.63, 3.8) is 0 Å². The molecule has 200 valence electrons. The Morgan fingerprint density at radius 1 is 1.16 bits per heavy atom. The number of carboxylic acid groups (broad SMARTS) is 1. The molecule has 0 aliphatic carbocycles. The number of amides is 2. The van der Waals surface area contributed by atoms with Crippen LogP contribution in [0.5, 0.6) is 0 Å². The van der Waals surface area contributed by atoms with Gasteiger partial charge in [-0.15, -0.1) is 11.3 Å². The van der Waals surface area contributed by atoms with Crippen LogP contribution in [0, 0.1) is 0 Å². The molecular weight excluding hydrogens is 496 g/mol. The first-order valence-electron chi connectivity index (χ1n) is 12.2. The number of nitrogens with zero attached hydrogens (tertiary/aromatic N) is 2. The third-order valence-electron chi connectivity index (χ3n) is 5.17. The first-order chi connectivity index (χ1) is 17.8. The number of carbonyl (C=O) groups excluding carboxylic acids is 3. The molecule has 3 N–H and O–H groups in total. The molecule has 1 aliphatic heterocycles. The van der Waals surface area contributed by atoms with Gasteiger partial charge in [-0.05, 0) is 19.4 Å². The molecule has 0 saturated carbocycles. The van der Waals surface area contributed by atoms with Crippen molar-refractivity contribution in [2.75, 3.05) is 39.3 Å². The van der Waals surface area contributed by atoms with Crippen molar-refractivity contribution in [1.29, 1.82) is 0 Å². The predicted molar refractivity (Wildman–Crippen MR) is 142 cm³/mol. The summed E-state index contributed by atoms with van der Waals surface area (Å²) in [5.41, 5.74) is 1.42. The van der Waals surface area contributed by atoms with Gasteiger partial charge in [-0.2, -0.15) is 0 Å². The van der Waals surface area contributed by atoms with Gasteiger partial charge in [0, 0.05) is 44.2 Å². The molecule has 0 radical (unpaired) electrons. The molecule has 1 saturated heterocycles. The highest BCUT2D eigenvalue weighted by Crippen LogP contribution is 2.29. The van der Waals surface area contributed by atoms with Crippen LogP contribution in [0.1, 0.15) is 47.8 Å². The largest absolute Gasteiger partial charge is 0.481 e. The molecule has 11 heteroatoms. The fourth-order valence-electron chi connectivity index (χ4n) is 3.26. The summed E-state index contributed by atoms with van der Waals surface area (Å²) in [7, 11) is 0. The highest BCUT2D eigenvalue weighted by molar-refractivity contribution is 7.15. The van der Waals surface area contributed by atoms with Crippen molar-refractivity contribution in [3.8, 4) is 11.3 Å². The monoisotopic (exact) mass is 530 g/mol. The summed E-state index contributed by atoms with van der Waals surface area (Å²) < 4.78 is 4.92. The molecule has 0 bridgehead atoms. The van der Waals surface area contributed by atoms with Crippen molar-refractivity contribution in [2.45, 2.75) is 33.1 Å². The van der Waals surface area contributed by atoms with Gasteiger partial charge in [0.1, 0.15) is 0 Å². The van der Waals surface area contributed by atoms with E-state index < -0.39 is 17.8 Å². The maximum absolute atomic E-state index is 12.6. The van der Waals surface area contributed by atoms with E-state index in [0.29, 0.717) is 30.1 Å². The number of thiazole rings is 1. The van der Waals surface area contributed by atoms with Gasteiger partial charge in [-0.25, -0.2) is 9.78 Å². The predicted octanol–water partition coefficient (Wildman–Crippen LogP) is 2.81. The molecule has 0 unspecified atom stereocenters. The third-order valence-corrected chi connectivity index (χ3v) is 6.19. The highest BCUT2D eigenvalue weighted by atomic mass is 32.1. The summed E-state index contributed by atoms with van der Waals surface area (Å²) in [5, 5.41) is 14.1. The molecule has 1 aliphatic rings. The lowest BCUT2D eigenvalue weighted by atomic mass is 10.1. The fourth-order valence-corrected chi connectivity index (χ4v) is 4.17. The lowest BCUT2D eigenvalue weighted by Crippen LogP contribution is -2.49. The Kier molecular flexibility index (Phi) is 13.0. The number of piperazine rings is 1. The maximum Gasteiger partial charge on any atom is 0.330 e. The SMILES string of the molecule is CCCCC(=O)O.CCOC(=O)/C=C/c1sc(C(=O)NCC(=O)N2CCNCC2)nc1-c1ccccc1. The second-order valence-corrected chi connectivity index (χ2v) is 9.02. The van der Waals surface area contributed by atoms with Crippen LogP contribution >= 0.6 is 11.3 Å². The summed E-state index contributed by atoms with van der Waals surface area (Å²) >= 11 is 1.16. The van der Waals surface area contributed by atoms with Crippen LogP contribution in [0.3, 0.4) is 0 Å². The number of rotatable bonds is 10. The summed E-state index contributed by atoms with van der Waals surface area (Å²) in [6.45, 7) is 6.69. The minimum Gasteiger partial charge on any atom is -0.481 e. The standard InChI is InChI=1S/C21H24N4O4S.C5H10O2/c1-2-29-18(27)9-8-16-19(15-6-4-3-5-7-15)24-21(30-16)20(28)23-14-17(26)25-12-10-22-11-13-25;1-2-3-4-5(6)7/h3-9,22H,2,10-14H2,1H3,(H,23,28);2-4H2,1H3,(H,6,7)/b9-8+;. The van der Waals surface area contributed by atoms with Gasteiger partial charge in [-0.3, -0.25) is 14.4 Å². The zero-order valence-electron chi connectivity index (χ0n) is 21.2. The van der Waals surface area contributed by atoms with Crippen molar-refractivity contribution < 1.29 is 29.0 Å². The van der Waals surface area contributed by atoms with Crippen LogP contribution < -0.4 is 10.6 Å². The molecule has 37 heavy (non-hydrogen) atoms. The van der Waals surface area contributed by atoms with E-state index in [4.69, 9.17) is 9.84 Å². The highest BCUT2D eigenvalue weighted by Gasteiger charge is 2.20. The van der Waals surface area contributed by atoms with Gasteiger partial charge in [0.15, 0.2) is 5.01 Å². The minimum atomic E-state index is -0.693. The number of nitrogens with one attached hydrogen (secondary N) is 2. The smallest absolute Gasteiger partial charge is 0.330 e. The number of carboxylic acids is 1. The molecule has 2 heterocycles. The Balaban J connectivity index is 0.000000604. The molecule has 1 aromatic heterocycles. The first kappa shape index (κ1) is 29.7. The van der Waals surface area contributed by atoms with E-state index in [1.54, 1.807) is 17.9 Å². The summed E-state index contributed by atoms with van der Waals surface area (Å²) in [6, 6.07) is 9.40. The maximum atomic E-state index is 12.6. The normalized spacial score (nSPS) is 13.0. The van der Waals surface area contributed by atoms with Crippen LogP contribution in [0.2, 0.25) is 0 Å². The quantitative estimate of drug-likeness (QED) is 0.315. The fraction of sp³-hybridized carbons (Fsp3) is 0.423. The van der Waals surface area contributed by atoms with Gasteiger partial charge >= 0.3 is 11.9 Å². The molecule has 0 atom stereocenters. The Morgan fingerprint density at radius 2 is 1.86 bits per heavy atom. The topological polar surface area (TPSA) is 138 Å². The van der Waals surface area contributed by atoms with Gasteiger partial charge in [-0.1, -0.05) is 43.7 Å². The average molecular weight is 531 g/mol. The van der Waals surface area contributed by atoms with Crippen LogP contribution in [-0.2, 0) is 19.1 Å². The van der Waals surface area contributed by atoms with Gasteiger partial charge in [0.2, 0.25) is 5.91 Å². The number of esters is 1. The van der Waals surface area contributed by atoms with Crippen molar-refractivity contribution in [1.82, 2.24) is 20.5 Å². The lowest BCUT2D eigenvalue weighted by molar-refractivity contribution is -0.138. The van der Waals surface area contributed by atoms with E-state index in [2.05, 4.69) is 15.6 Å². The van der Waals surface area contributed by atoms with E-state index in [1.807, 2.05) is 37.3 Å². The van der Waals surface area contributed by atoms with E-state index >= 15 is 0 Å². The summed E-state index contributed by atoms with van der Waals surface area (Å²) in [6.07, 6.45) is 5.00. The number of aliphatic carboxylic acids is 1. The Labute approximate surface area is 220 Å². The third kappa shape index (κ3) is 10.5. The Hall–Kier alpha value is -3.57. The van der Waals surface area contributed by atoms with Crippen molar-refractivity contribution in [3.05, 3.63) is 46.3 Å². The average Bonchev–Trinajstić information content (AvgIpc) is 3.35. The van der Waals surface area contributed by atoms with Gasteiger partial charge in [0.25, 0.3) is 5.91 Å². The molecule has 10 nitrogen and oxygen atoms in total. The molecule has 0 spiro atoms. The number of benzene rings is 1. The summed E-state index contributed by atoms with van der Waals surface area (Å²) in [5.74, 6) is -1.69. The molecule has 2 amide bonds. The van der Waals surface area contributed by atoms with Crippen LogP contribution in [0.4, 0.5) is 0 Å². The van der Waals surface area contributed by atoms with E-state index in [0.717, 1.165) is 42.8 Å². The van der Waals surface area contributed by atoms with E-state index in [9.17, 15) is 19.2 Å². The number of unbranched alkanes of at least 4 members (excludes halogenated alkanes) is 1. The van der Waals surface area contributed by atoms with Crippen molar-refractivity contribution in [2.24, 2.45) is 0 Å². The van der Waals surface area contributed by atoms with Crippen LogP contribution in [0.25, 0.3) is 17.3 Å². The Bertz CT molecular complexity index is 1060. The second kappa shape index (κ2) is 16.2. The number of ether oxygens (including phenoxy) is 1.